The van der Waals surface area contributed by atoms with E-state index in [0.29, 0.717) is 11.8 Å². The summed E-state index contributed by atoms with van der Waals surface area (Å²) >= 11 is 1.92. The van der Waals surface area contributed by atoms with Gasteiger partial charge in [-0.1, -0.05) is 30.3 Å². The number of benzene rings is 1. The number of carbonyl (C=O) groups is 2. The van der Waals surface area contributed by atoms with Crippen LogP contribution in [0.5, 0.6) is 0 Å². The first-order valence-electron chi connectivity index (χ1n) is 13.4. The van der Waals surface area contributed by atoms with Crippen LogP contribution in [0.15, 0.2) is 30.3 Å². The van der Waals surface area contributed by atoms with E-state index < -0.39 is 5.60 Å². The minimum absolute atomic E-state index is 0.116. The topological polar surface area (TPSA) is 67.4 Å². The van der Waals surface area contributed by atoms with Crippen LogP contribution in [-0.2, 0) is 14.9 Å². The van der Waals surface area contributed by atoms with Crippen LogP contribution in [-0.4, -0.2) is 41.7 Å². The fourth-order valence-electron chi connectivity index (χ4n) is 8.39. The van der Waals surface area contributed by atoms with Gasteiger partial charge < -0.3 is 15.4 Å². The minimum Gasteiger partial charge on any atom is -0.444 e. The summed E-state index contributed by atoms with van der Waals surface area (Å²) in [6, 6.07) is 11.3. The smallest absolute Gasteiger partial charge is 0.407 e. The molecule has 0 radical (unpaired) electrons. The van der Waals surface area contributed by atoms with Crippen LogP contribution < -0.4 is 10.6 Å². The van der Waals surface area contributed by atoms with Crippen LogP contribution in [0.1, 0.15) is 84.1 Å². The summed E-state index contributed by atoms with van der Waals surface area (Å²) in [6.07, 6.45) is 11.1. The molecule has 2 amide bonds. The first-order valence-corrected chi connectivity index (χ1v) is 14.8. The van der Waals surface area contributed by atoms with Crippen molar-refractivity contribution in [3.63, 3.8) is 0 Å². The molecule has 6 heteroatoms. The summed E-state index contributed by atoms with van der Waals surface area (Å²) in [6.45, 7) is 5.65. The quantitative estimate of drug-likeness (QED) is 0.519. The van der Waals surface area contributed by atoms with E-state index in [-0.39, 0.29) is 34.4 Å². The van der Waals surface area contributed by atoms with Crippen LogP contribution in [0.4, 0.5) is 4.79 Å². The first-order chi connectivity index (χ1) is 16.6. The Labute approximate surface area is 214 Å². The van der Waals surface area contributed by atoms with Crippen LogP contribution in [0, 0.1) is 16.7 Å². The first kappa shape index (κ1) is 25.0. The molecule has 5 aliphatic carbocycles. The molecule has 0 heterocycles. The molecule has 0 spiro atoms. The van der Waals surface area contributed by atoms with Crippen molar-refractivity contribution in [1.82, 2.24) is 10.6 Å². The Bertz CT molecular complexity index is 954. The SMILES string of the molecule is CSCC12CC3CC(c4ccccc4)(C1)CC2(C(=O)NC1CCC(NC(=O)OC(C)(C)C)CC1)C3. The molecule has 5 fully saturated rings. The largest absolute Gasteiger partial charge is 0.444 e. The normalized spacial score (nSPS) is 37.8. The Morgan fingerprint density at radius 3 is 2.26 bits per heavy atom. The summed E-state index contributed by atoms with van der Waals surface area (Å²) in [5.74, 6) is 2.05. The van der Waals surface area contributed by atoms with E-state index in [0.717, 1.165) is 50.7 Å². The predicted octanol–water partition coefficient (Wildman–Crippen LogP) is 5.82. The molecule has 35 heavy (non-hydrogen) atoms. The monoisotopic (exact) mass is 498 g/mol. The number of amides is 2. The molecule has 5 aliphatic rings. The maximum atomic E-state index is 14.1. The van der Waals surface area contributed by atoms with Gasteiger partial charge >= 0.3 is 6.09 Å². The molecule has 4 bridgehead atoms. The number of thioether (sulfide) groups is 1. The third-order valence-corrected chi connectivity index (χ3v) is 10.2. The number of hydrogen-bond acceptors (Lipinski definition) is 4. The van der Waals surface area contributed by atoms with Crippen LogP contribution in [0.3, 0.4) is 0 Å². The van der Waals surface area contributed by atoms with E-state index in [4.69, 9.17) is 4.74 Å². The summed E-state index contributed by atoms with van der Waals surface area (Å²) in [7, 11) is 0. The summed E-state index contributed by atoms with van der Waals surface area (Å²) < 4.78 is 5.42. The highest BCUT2D eigenvalue weighted by Gasteiger charge is 2.74. The lowest BCUT2D eigenvalue weighted by atomic mass is 9.63. The molecule has 1 aromatic carbocycles. The van der Waals surface area contributed by atoms with E-state index >= 15 is 0 Å². The molecule has 0 aliphatic heterocycles. The lowest BCUT2D eigenvalue weighted by Crippen LogP contribution is -2.52. The summed E-state index contributed by atoms with van der Waals surface area (Å²) in [5.41, 5.74) is 0.992. The number of alkyl carbamates (subject to hydrolysis) is 1. The average molecular weight is 499 g/mol. The molecular formula is C29H42N2O3S. The maximum absolute atomic E-state index is 14.1. The van der Waals surface area contributed by atoms with Gasteiger partial charge in [-0.2, -0.15) is 11.8 Å². The van der Waals surface area contributed by atoms with E-state index in [1.54, 1.807) is 0 Å². The summed E-state index contributed by atoms with van der Waals surface area (Å²) in [4.78, 5) is 26.3. The lowest BCUT2D eigenvalue weighted by molar-refractivity contribution is -0.136. The molecule has 192 valence electrons. The van der Waals surface area contributed by atoms with Crippen molar-refractivity contribution in [3.05, 3.63) is 35.9 Å². The van der Waals surface area contributed by atoms with E-state index in [2.05, 4.69) is 47.2 Å². The van der Waals surface area contributed by atoms with Gasteiger partial charge in [-0.3, -0.25) is 4.79 Å². The average Bonchev–Trinajstić information content (AvgIpc) is 3.13. The van der Waals surface area contributed by atoms with Gasteiger partial charge in [-0.15, -0.1) is 0 Å². The fourth-order valence-corrected chi connectivity index (χ4v) is 9.44. The molecule has 2 N–H and O–H groups in total. The Morgan fingerprint density at radius 1 is 0.971 bits per heavy atom. The molecule has 4 atom stereocenters. The highest BCUT2D eigenvalue weighted by Crippen LogP contribution is 2.77. The van der Waals surface area contributed by atoms with Gasteiger partial charge in [0, 0.05) is 12.1 Å². The molecule has 5 saturated carbocycles. The van der Waals surface area contributed by atoms with Crippen molar-refractivity contribution in [3.8, 4) is 0 Å². The Hall–Kier alpha value is -1.69. The fraction of sp³-hybridized carbons (Fsp3) is 0.724. The number of ether oxygens (including phenoxy) is 1. The third kappa shape index (κ3) is 4.49. The maximum Gasteiger partial charge on any atom is 0.407 e. The second-order valence-corrected chi connectivity index (χ2v) is 13.8. The molecular weight excluding hydrogens is 456 g/mol. The van der Waals surface area contributed by atoms with Crippen LogP contribution in [0.2, 0.25) is 0 Å². The molecule has 0 aromatic heterocycles. The molecule has 4 unspecified atom stereocenters. The standard InChI is InChI=1S/C29H42N2O3S/c1-26(2,3)34-25(33)31-23-12-10-22(11-13-23)30-24(32)29-16-20-14-27(18-29,21-8-6-5-7-9-21)17-28(29,15-20)19-35-4/h5-9,20,22-23H,10-19H2,1-4H3,(H,30,32)(H,31,33). The van der Waals surface area contributed by atoms with Crippen LogP contribution in [0.25, 0.3) is 0 Å². The Morgan fingerprint density at radius 2 is 1.63 bits per heavy atom. The predicted molar refractivity (Wildman–Crippen MR) is 141 cm³/mol. The van der Waals surface area contributed by atoms with Gasteiger partial charge in [0.2, 0.25) is 5.91 Å². The lowest BCUT2D eigenvalue weighted by Gasteiger charge is -2.41. The molecule has 6 rings (SSSR count). The molecule has 5 nitrogen and oxygen atoms in total. The van der Waals surface area contributed by atoms with Gasteiger partial charge in [0.15, 0.2) is 0 Å². The highest BCUT2D eigenvalue weighted by atomic mass is 32.2. The zero-order chi connectivity index (χ0) is 24.9. The van der Waals surface area contributed by atoms with Crippen molar-refractivity contribution in [2.45, 2.75) is 102 Å². The van der Waals surface area contributed by atoms with E-state index in [9.17, 15) is 9.59 Å². The van der Waals surface area contributed by atoms with Crippen LogP contribution >= 0.6 is 11.8 Å². The van der Waals surface area contributed by atoms with Gasteiger partial charge in [-0.25, -0.2) is 4.79 Å². The van der Waals surface area contributed by atoms with E-state index in [1.807, 2.05) is 32.5 Å². The van der Waals surface area contributed by atoms with Crippen molar-refractivity contribution in [2.24, 2.45) is 16.7 Å². The van der Waals surface area contributed by atoms with Gasteiger partial charge in [0.1, 0.15) is 5.60 Å². The van der Waals surface area contributed by atoms with Gasteiger partial charge in [0.25, 0.3) is 0 Å². The minimum atomic E-state index is -0.488. The molecule has 0 saturated heterocycles. The third-order valence-electron chi connectivity index (χ3n) is 9.35. The highest BCUT2D eigenvalue weighted by molar-refractivity contribution is 7.98. The number of rotatable bonds is 6. The number of hydrogen-bond donors (Lipinski definition) is 2. The number of carbonyl (C=O) groups excluding carboxylic acids is 2. The van der Waals surface area contributed by atoms with Crippen molar-refractivity contribution in [2.75, 3.05) is 12.0 Å². The van der Waals surface area contributed by atoms with Crippen molar-refractivity contribution >= 4 is 23.8 Å². The molecule has 1 aromatic rings. The van der Waals surface area contributed by atoms with Crippen molar-refractivity contribution in [1.29, 1.82) is 0 Å². The second kappa shape index (κ2) is 9.00. The van der Waals surface area contributed by atoms with Gasteiger partial charge in [-0.05, 0) is 113 Å². The second-order valence-electron chi connectivity index (χ2n) is 12.9. The Balaban J connectivity index is 1.26. The Kier molecular flexibility index (Phi) is 6.43. The van der Waals surface area contributed by atoms with E-state index in [1.165, 1.54) is 18.4 Å². The number of nitrogens with one attached hydrogen (secondary N) is 2. The zero-order valence-corrected chi connectivity index (χ0v) is 22.6. The van der Waals surface area contributed by atoms with Gasteiger partial charge in [0.05, 0.1) is 5.41 Å². The zero-order valence-electron chi connectivity index (χ0n) is 21.8. The summed E-state index contributed by atoms with van der Waals surface area (Å²) in [5, 5.41) is 6.56. The van der Waals surface area contributed by atoms with Crippen molar-refractivity contribution < 1.29 is 14.3 Å².